The minimum atomic E-state index is -0.108. The third-order valence-corrected chi connectivity index (χ3v) is 5.89. The Kier molecular flexibility index (Phi) is 5.39. The molecule has 26 heavy (non-hydrogen) atoms. The van der Waals surface area contributed by atoms with E-state index in [-0.39, 0.29) is 11.3 Å². The molecule has 0 saturated heterocycles. The molecule has 6 heteroatoms. The molecule has 3 rings (SSSR count). The number of hydrogen-bond donors (Lipinski definition) is 1. The molecular formula is C20H18Br3NO2. The van der Waals surface area contributed by atoms with Gasteiger partial charge < -0.3 is 10.1 Å². The monoisotopic (exact) mass is 541 g/mol. The van der Waals surface area contributed by atoms with Crippen molar-refractivity contribution in [3.63, 3.8) is 0 Å². The number of carbonyl (C=O) groups is 1. The third kappa shape index (κ3) is 3.64. The van der Waals surface area contributed by atoms with E-state index < -0.39 is 0 Å². The van der Waals surface area contributed by atoms with Gasteiger partial charge in [0.25, 0.3) is 5.91 Å². The Balaban J connectivity index is 2.18. The van der Waals surface area contributed by atoms with Crippen molar-refractivity contribution in [3.05, 3.63) is 54.4 Å². The van der Waals surface area contributed by atoms with Gasteiger partial charge in [0.2, 0.25) is 0 Å². The summed E-state index contributed by atoms with van der Waals surface area (Å²) in [6, 6.07) is 7.92. The van der Waals surface area contributed by atoms with Gasteiger partial charge in [-0.1, -0.05) is 36.7 Å². The van der Waals surface area contributed by atoms with Gasteiger partial charge in [-0.05, 0) is 73.2 Å². The molecule has 1 aliphatic rings. The van der Waals surface area contributed by atoms with E-state index in [0.717, 1.165) is 41.5 Å². The minimum Gasteiger partial charge on any atom is -0.495 e. The molecule has 0 radical (unpaired) electrons. The summed E-state index contributed by atoms with van der Waals surface area (Å²) in [7, 11) is 1.67. The van der Waals surface area contributed by atoms with Crippen molar-refractivity contribution in [1.82, 2.24) is 0 Å². The maximum Gasteiger partial charge on any atom is 0.256 e. The van der Waals surface area contributed by atoms with Crippen LogP contribution in [0, 0.1) is 0 Å². The highest BCUT2D eigenvalue weighted by molar-refractivity contribution is 9.11. The van der Waals surface area contributed by atoms with Gasteiger partial charge in [-0.2, -0.15) is 0 Å². The maximum atomic E-state index is 12.5. The summed E-state index contributed by atoms with van der Waals surface area (Å²) in [6.45, 7) is 6.42. The third-order valence-electron chi connectivity index (χ3n) is 4.22. The van der Waals surface area contributed by atoms with Crippen LogP contribution in [0.15, 0.2) is 37.7 Å². The van der Waals surface area contributed by atoms with E-state index in [1.165, 1.54) is 0 Å². The van der Waals surface area contributed by atoms with Crippen LogP contribution in [0.4, 0.5) is 5.69 Å². The van der Waals surface area contributed by atoms with Crippen molar-refractivity contribution in [3.8, 4) is 5.75 Å². The van der Waals surface area contributed by atoms with E-state index in [9.17, 15) is 4.79 Å². The molecule has 0 spiro atoms. The second kappa shape index (κ2) is 7.13. The Morgan fingerprint density at radius 1 is 1.04 bits per heavy atom. The number of benzene rings is 2. The number of nitrogens with one attached hydrogen (secondary N) is 1. The molecule has 3 nitrogen and oxygen atoms in total. The molecule has 0 bridgehead atoms. The average molecular weight is 544 g/mol. The van der Waals surface area contributed by atoms with Gasteiger partial charge in [-0.15, -0.1) is 0 Å². The van der Waals surface area contributed by atoms with E-state index in [4.69, 9.17) is 4.74 Å². The van der Waals surface area contributed by atoms with Crippen molar-refractivity contribution < 1.29 is 9.53 Å². The predicted octanol–water partition coefficient (Wildman–Crippen LogP) is 6.77. The molecule has 0 saturated carbocycles. The summed E-state index contributed by atoms with van der Waals surface area (Å²) in [4.78, 5) is 12.5. The maximum absolute atomic E-state index is 12.5. The van der Waals surface area contributed by atoms with Gasteiger partial charge in [-0.3, -0.25) is 4.79 Å². The van der Waals surface area contributed by atoms with E-state index in [1.54, 1.807) is 7.11 Å². The Morgan fingerprint density at radius 3 is 2.35 bits per heavy atom. The van der Waals surface area contributed by atoms with Crippen LogP contribution in [-0.2, 0) is 10.2 Å². The molecule has 136 valence electrons. The number of carbonyl (C=O) groups excluding carboxylic acids is 1. The number of hydrogen-bond acceptors (Lipinski definition) is 2. The zero-order valence-electron chi connectivity index (χ0n) is 14.8. The number of fused-ring (bicyclic) bond motifs is 1. The zero-order valence-corrected chi connectivity index (χ0v) is 19.6. The van der Waals surface area contributed by atoms with Crippen LogP contribution in [0.3, 0.4) is 0 Å². The first-order chi connectivity index (χ1) is 12.1. The second-order valence-electron chi connectivity index (χ2n) is 7.16. The van der Waals surface area contributed by atoms with Crippen molar-refractivity contribution in [2.45, 2.75) is 26.2 Å². The van der Waals surface area contributed by atoms with Crippen LogP contribution in [0.1, 0.15) is 37.5 Å². The fraction of sp³-hybridized carbons (Fsp3) is 0.250. The van der Waals surface area contributed by atoms with Crippen molar-refractivity contribution in [2.75, 3.05) is 12.4 Å². The Bertz CT molecular complexity index is 943. The molecule has 1 N–H and O–H groups in total. The molecule has 2 aromatic rings. The normalized spacial score (nSPS) is 15.2. The summed E-state index contributed by atoms with van der Waals surface area (Å²) in [6.07, 6.45) is 1.92. The first-order valence-electron chi connectivity index (χ1n) is 8.02. The summed E-state index contributed by atoms with van der Waals surface area (Å²) in [5, 5.41) is 2.93. The van der Waals surface area contributed by atoms with Crippen LogP contribution < -0.4 is 10.1 Å². The fourth-order valence-corrected chi connectivity index (χ4v) is 4.95. The number of amides is 1. The lowest BCUT2D eigenvalue weighted by Gasteiger charge is -2.23. The molecule has 0 fully saturated rings. The summed E-state index contributed by atoms with van der Waals surface area (Å²) in [5.74, 6) is 0.712. The number of anilines is 1. The van der Waals surface area contributed by atoms with Crippen molar-refractivity contribution in [1.29, 1.82) is 0 Å². The van der Waals surface area contributed by atoms with Gasteiger partial charge in [0.05, 0.1) is 17.3 Å². The quantitative estimate of drug-likeness (QED) is 0.424. The van der Waals surface area contributed by atoms with E-state index in [0.29, 0.717) is 5.57 Å². The Hall–Kier alpha value is -1.11. The second-order valence-corrected chi connectivity index (χ2v) is 9.78. The van der Waals surface area contributed by atoms with E-state index in [1.807, 2.05) is 24.3 Å². The molecular weight excluding hydrogens is 526 g/mol. The molecule has 1 aliphatic heterocycles. The van der Waals surface area contributed by atoms with Crippen LogP contribution in [0.2, 0.25) is 0 Å². The lowest BCUT2D eigenvalue weighted by atomic mass is 9.85. The van der Waals surface area contributed by atoms with Crippen LogP contribution >= 0.6 is 47.8 Å². The summed E-state index contributed by atoms with van der Waals surface area (Å²) in [5.41, 5.74) is 4.24. The molecule has 0 unspecified atom stereocenters. The molecule has 1 heterocycles. The predicted molar refractivity (Wildman–Crippen MR) is 118 cm³/mol. The first-order valence-corrected chi connectivity index (χ1v) is 10.4. The number of rotatable bonds is 2. The lowest BCUT2D eigenvalue weighted by molar-refractivity contribution is -0.110. The highest BCUT2D eigenvalue weighted by Gasteiger charge is 2.27. The minimum absolute atomic E-state index is 0.0930. The van der Waals surface area contributed by atoms with E-state index >= 15 is 0 Å². The molecule has 0 aliphatic carbocycles. The highest BCUT2D eigenvalue weighted by Crippen LogP contribution is 2.42. The van der Waals surface area contributed by atoms with Gasteiger partial charge >= 0.3 is 0 Å². The molecule has 1 amide bonds. The van der Waals surface area contributed by atoms with Gasteiger partial charge in [0, 0.05) is 25.6 Å². The summed E-state index contributed by atoms with van der Waals surface area (Å²) < 4.78 is 8.21. The number of halogens is 3. The fourth-order valence-electron chi connectivity index (χ4n) is 2.99. The number of methoxy groups -OCH3 is 1. The zero-order chi connectivity index (χ0) is 19.2. The average Bonchev–Trinajstić information content (AvgIpc) is 2.83. The van der Waals surface area contributed by atoms with Crippen molar-refractivity contribution >= 4 is 71.0 Å². The van der Waals surface area contributed by atoms with Crippen LogP contribution in [0.5, 0.6) is 5.75 Å². The lowest BCUT2D eigenvalue weighted by Crippen LogP contribution is -2.13. The number of ether oxygens (including phenoxy) is 1. The van der Waals surface area contributed by atoms with Crippen molar-refractivity contribution in [2.24, 2.45) is 0 Å². The first kappa shape index (κ1) is 19.6. The smallest absolute Gasteiger partial charge is 0.256 e. The van der Waals surface area contributed by atoms with Crippen LogP contribution in [0.25, 0.3) is 11.6 Å². The Labute approximate surface area is 178 Å². The summed E-state index contributed by atoms with van der Waals surface area (Å²) >= 11 is 10.6. The molecule has 0 aromatic heterocycles. The van der Waals surface area contributed by atoms with Gasteiger partial charge in [-0.25, -0.2) is 0 Å². The largest absolute Gasteiger partial charge is 0.495 e. The van der Waals surface area contributed by atoms with E-state index in [2.05, 4.69) is 79.9 Å². The van der Waals surface area contributed by atoms with Gasteiger partial charge in [0.15, 0.2) is 0 Å². The molecule has 0 atom stereocenters. The topological polar surface area (TPSA) is 38.3 Å². The Morgan fingerprint density at radius 2 is 1.73 bits per heavy atom. The van der Waals surface area contributed by atoms with Gasteiger partial charge in [0.1, 0.15) is 5.75 Å². The standard InChI is InChI=1S/C20H18Br3NO2/c1-20(2,3)14-6-10(7-16(23)18(14)26-4)5-13-12-8-11(21)9-15(22)17(12)24-19(13)25/h5-9H,1-4H3,(H,24,25). The molecule has 2 aromatic carbocycles. The highest BCUT2D eigenvalue weighted by atomic mass is 79.9. The van der Waals surface area contributed by atoms with Crippen LogP contribution in [-0.4, -0.2) is 13.0 Å². The SMILES string of the molecule is COc1c(Br)cc(C=C2C(=O)Nc3c(Br)cc(Br)cc32)cc1C(C)(C)C.